The predicted molar refractivity (Wildman–Crippen MR) is 105 cm³/mol. The van der Waals surface area contributed by atoms with E-state index in [2.05, 4.69) is 21.2 Å². The zero-order valence-electron chi connectivity index (χ0n) is 14.9. The van der Waals surface area contributed by atoms with Gasteiger partial charge in [-0.3, -0.25) is 4.79 Å². The van der Waals surface area contributed by atoms with E-state index in [9.17, 15) is 13.2 Å². The third-order valence-corrected chi connectivity index (χ3v) is 6.48. The predicted octanol–water partition coefficient (Wildman–Crippen LogP) is 2.79. The van der Waals surface area contributed by atoms with E-state index in [0.29, 0.717) is 34.9 Å². The van der Waals surface area contributed by atoms with Crippen LogP contribution in [0, 0.1) is 6.92 Å². The number of ether oxygens (including phenoxy) is 2. The van der Waals surface area contributed by atoms with Crippen molar-refractivity contribution < 1.29 is 22.7 Å². The third kappa shape index (κ3) is 4.42. The highest BCUT2D eigenvalue weighted by Crippen LogP contribution is 2.38. The number of benzene rings is 2. The maximum atomic E-state index is 12.6. The van der Waals surface area contributed by atoms with Crippen LogP contribution in [0.25, 0.3) is 0 Å². The van der Waals surface area contributed by atoms with Crippen molar-refractivity contribution in [3.8, 4) is 11.5 Å². The van der Waals surface area contributed by atoms with Crippen molar-refractivity contribution in [1.29, 1.82) is 0 Å². The number of amides is 1. The van der Waals surface area contributed by atoms with Gasteiger partial charge in [-0.05, 0) is 35.0 Å². The third-order valence-electron chi connectivity index (χ3n) is 4.00. The second-order valence-electron chi connectivity index (χ2n) is 6.10. The summed E-state index contributed by atoms with van der Waals surface area (Å²) in [6, 6.07) is 9.83. The summed E-state index contributed by atoms with van der Waals surface area (Å²) in [6.45, 7) is 2.45. The number of aryl methyl sites for hydroxylation is 1. The molecule has 0 aliphatic carbocycles. The average molecular weight is 455 g/mol. The van der Waals surface area contributed by atoms with Crippen molar-refractivity contribution in [3.63, 3.8) is 0 Å². The molecule has 9 heteroatoms. The van der Waals surface area contributed by atoms with E-state index in [1.807, 2.05) is 6.92 Å². The molecule has 0 radical (unpaired) electrons. The minimum Gasteiger partial charge on any atom is -0.486 e. The van der Waals surface area contributed by atoms with E-state index in [1.54, 1.807) is 24.3 Å². The van der Waals surface area contributed by atoms with Crippen molar-refractivity contribution in [2.24, 2.45) is 0 Å². The summed E-state index contributed by atoms with van der Waals surface area (Å²) in [5.74, 6) is 0.649. The number of fused-ring (bicyclic) bond motifs is 1. The summed E-state index contributed by atoms with van der Waals surface area (Å²) >= 11 is 3.37. The van der Waals surface area contributed by atoms with Gasteiger partial charge in [0.1, 0.15) is 13.2 Å². The van der Waals surface area contributed by atoms with Crippen molar-refractivity contribution in [2.75, 3.05) is 32.1 Å². The van der Waals surface area contributed by atoms with Crippen LogP contribution in [0.4, 0.5) is 5.69 Å². The molecule has 144 valence electrons. The average Bonchev–Trinajstić information content (AvgIpc) is 2.62. The molecule has 1 aliphatic rings. The Labute approximate surface area is 166 Å². The lowest BCUT2D eigenvalue weighted by Gasteiger charge is -2.21. The molecule has 0 atom stereocenters. The van der Waals surface area contributed by atoms with Crippen LogP contribution in [0.5, 0.6) is 11.5 Å². The Morgan fingerprint density at radius 2 is 1.74 bits per heavy atom. The second-order valence-corrected chi connectivity index (χ2v) is 9.00. The zero-order chi connectivity index (χ0) is 19.6. The molecule has 0 spiro atoms. The number of nitrogens with one attached hydrogen (secondary N) is 1. The first-order valence-corrected chi connectivity index (χ1v) is 10.4. The highest BCUT2D eigenvalue weighted by molar-refractivity contribution is 9.10. The van der Waals surface area contributed by atoms with Crippen LogP contribution in [-0.2, 0) is 14.8 Å². The van der Waals surface area contributed by atoms with Crippen LogP contribution in [0.1, 0.15) is 5.56 Å². The Morgan fingerprint density at radius 3 is 2.37 bits per heavy atom. The van der Waals surface area contributed by atoms with Crippen molar-refractivity contribution in [3.05, 3.63) is 46.4 Å². The molecule has 0 saturated carbocycles. The van der Waals surface area contributed by atoms with E-state index < -0.39 is 15.9 Å². The fourth-order valence-electron chi connectivity index (χ4n) is 2.53. The molecule has 0 saturated heterocycles. The lowest BCUT2D eigenvalue weighted by Crippen LogP contribution is -2.35. The molecule has 0 fully saturated rings. The Hall–Kier alpha value is -2.10. The van der Waals surface area contributed by atoms with Crippen LogP contribution >= 0.6 is 15.9 Å². The first-order valence-electron chi connectivity index (χ1n) is 8.19. The van der Waals surface area contributed by atoms with Crippen LogP contribution in [-0.4, -0.2) is 45.4 Å². The number of likely N-dealkylation sites (N-methyl/N-ethyl adjacent to an activating group) is 1. The molecule has 0 unspecified atom stereocenters. The number of anilines is 1. The molecule has 7 nitrogen and oxygen atoms in total. The molecule has 3 rings (SSSR count). The van der Waals surface area contributed by atoms with Crippen molar-refractivity contribution in [1.82, 2.24) is 4.31 Å². The molecule has 0 bridgehead atoms. The first kappa shape index (κ1) is 19.7. The number of carbonyl (C=O) groups is 1. The Balaban J connectivity index is 1.71. The maximum absolute atomic E-state index is 12.6. The highest BCUT2D eigenvalue weighted by atomic mass is 79.9. The summed E-state index contributed by atoms with van der Waals surface area (Å²) < 4.78 is 37.8. The van der Waals surface area contributed by atoms with E-state index in [4.69, 9.17) is 9.47 Å². The number of carbonyl (C=O) groups excluding carboxylic acids is 1. The summed E-state index contributed by atoms with van der Waals surface area (Å²) in [7, 11) is -2.38. The Kier molecular flexibility index (Phi) is 5.73. The standard InChI is InChI=1S/C18H19BrN2O5S/c1-12-3-5-13(6-4-12)27(23,24)21(2)11-18(22)20-15-10-17-16(9-14(15)19)25-7-8-26-17/h3-6,9-10H,7-8,11H2,1-2H3,(H,20,22). The highest BCUT2D eigenvalue weighted by Gasteiger charge is 2.23. The summed E-state index contributed by atoms with van der Waals surface area (Å²) in [5, 5.41) is 2.70. The molecule has 2 aromatic rings. The van der Waals surface area contributed by atoms with Gasteiger partial charge in [-0.25, -0.2) is 8.42 Å². The largest absolute Gasteiger partial charge is 0.486 e. The van der Waals surface area contributed by atoms with Gasteiger partial charge in [0.2, 0.25) is 15.9 Å². The minimum absolute atomic E-state index is 0.143. The van der Waals surface area contributed by atoms with E-state index >= 15 is 0 Å². The van der Waals surface area contributed by atoms with Gasteiger partial charge < -0.3 is 14.8 Å². The SMILES string of the molecule is Cc1ccc(S(=O)(=O)N(C)CC(=O)Nc2cc3c(cc2Br)OCCO3)cc1. The van der Waals surface area contributed by atoms with Gasteiger partial charge in [-0.1, -0.05) is 17.7 Å². The Bertz CT molecular complexity index is 960. The quantitative estimate of drug-likeness (QED) is 0.750. The minimum atomic E-state index is -3.75. The summed E-state index contributed by atoms with van der Waals surface area (Å²) in [4.78, 5) is 12.5. The molecule has 1 heterocycles. The summed E-state index contributed by atoms with van der Waals surface area (Å²) in [6.07, 6.45) is 0. The number of sulfonamides is 1. The molecular formula is C18H19BrN2O5S. The lowest BCUT2D eigenvalue weighted by molar-refractivity contribution is -0.116. The first-order chi connectivity index (χ1) is 12.8. The van der Waals surface area contributed by atoms with Gasteiger partial charge in [0, 0.05) is 23.7 Å². The molecule has 1 aliphatic heterocycles. The van der Waals surface area contributed by atoms with Crippen LogP contribution in [0.15, 0.2) is 45.8 Å². The topological polar surface area (TPSA) is 84.9 Å². The smallest absolute Gasteiger partial charge is 0.243 e. The van der Waals surface area contributed by atoms with Crippen LogP contribution in [0.3, 0.4) is 0 Å². The molecule has 27 heavy (non-hydrogen) atoms. The molecule has 1 N–H and O–H groups in total. The normalized spacial score (nSPS) is 13.5. The Morgan fingerprint density at radius 1 is 1.15 bits per heavy atom. The molecule has 1 amide bonds. The maximum Gasteiger partial charge on any atom is 0.243 e. The number of halogens is 1. The van der Waals surface area contributed by atoms with Crippen LogP contribution < -0.4 is 14.8 Å². The van der Waals surface area contributed by atoms with E-state index in [1.165, 1.54) is 19.2 Å². The monoisotopic (exact) mass is 454 g/mol. The van der Waals surface area contributed by atoms with E-state index in [0.717, 1.165) is 9.87 Å². The number of nitrogens with zero attached hydrogens (tertiary/aromatic N) is 1. The fourth-order valence-corrected chi connectivity index (χ4v) is 4.08. The molecule has 2 aromatic carbocycles. The van der Waals surface area contributed by atoms with Gasteiger partial charge in [-0.15, -0.1) is 0 Å². The fraction of sp³-hybridized carbons (Fsp3) is 0.278. The molecular weight excluding hydrogens is 436 g/mol. The van der Waals surface area contributed by atoms with Gasteiger partial charge in [-0.2, -0.15) is 4.31 Å². The number of rotatable bonds is 5. The van der Waals surface area contributed by atoms with Gasteiger partial charge in [0.05, 0.1) is 17.1 Å². The summed E-state index contributed by atoms with van der Waals surface area (Å²) in [5.41, 5.74) is 1.43. The van der Waals surface area contributed by atoms with Gasteiger partial charge in [0.15, 0.2) is 11.5 Å². The van der Waals surface area contributed by atoms with Crippen molar-refractivity contribution >= 4 is 37.5 Å². The van der Waals surface area contributed by atoms with Gasteiger partial charge in [0.25, 0.3) is 0 Å². The number of hydrogen-bond acceptors (Lipinski definition) is 5. The zero-order valence-corrected chi connectivity index (χ0v) is 17.3. The van der Waals surface area contributed by atoms with Gasteiger partial charge >= 0.3 is 0 Å². The van der Waals surface area contributed by atoms with Crippen molar-refractivity contribution in [2.45, 2.75) is 11.8 Å². The van der Waals surface area contributed by atoms with Crippen LogP contribution in [0.2, 0.25) is 0 Å². The lowest BCUT2D eigenvalue weighted by atomic mass is 10.2. The van der Waals surface area contributed by atoms with E-state index in [-0.39, 0.29) is 11.4 Å². The second kappa shape index (κ2) is 7.87. The molecule has 0 aromatic heterocycles. The number of hydrogen-bond donors (Lipinski definition) is 1.